The summed E-state index contributed by atoms with van der Waals surface area (Å²) in [4.78, 5) is 14.8. The van der Waals surface area contributed by atoms with E-state index in [0.29, 0.717) is 5.69 Å². The van der Waals surface area contributed by atoms with Gasteiger partial charge >= 0.3 is 0 Å². The Balaban J connectivity index is 2.04. The molecule has 2 aromatic rings. The topological polar surface area (TPSA) is 73.6 Å². The van der Waals surface area contributed by atoms with E-state index >= 15 is 0 Å². The molecule has 0 amide bonds. The van der Waals surface area contributed by atoms with Crippen LogP contribution in [0.15, 0.2) is 34.2 Å². The highest BCUT2D eigenvalue weighted by atomic mass is 32.1. The first-order valence-electron chi connectivity index (χ1n) is 8.00. The maximum Gasteiger partial charge on any atom is 0.264 e. The lowest BCUT2D eigenvalue weighted by atomic mass is 10.2. The first-order valence-corrected chi connectivity index (χ1v) is 8.41. The Kier molecular flexibility index (Phi) is 4.80. The molecular formula is C17H20N4O2S. The van der Waals surface area contributed by atoms with Crippen LogP contribution in [0.1, 0.15) is 30.4 Å². The van der Waals surface area contributed by atoms with Crippen molar-refractivity contribution in [2.24, 2.45) is 5.10 Å². The van der Waals surface area contributed by atoms with E-state index in [1.54, 1.807) is 0 Å². The van der Waals surface area contributed by atoms with Crippen LogP contribution in [0.4, 0.5) is 0 Å². The molecule has 0 radical (unpaired) electrons. The predicted molar refractivity (Wildman–Crippen MR) is 96.6 cm³/mol. The van der Waals surface area contributed by atoms with Crippen molar-refractivity contribution < 1.29 is 5.11 Å². The van der Waals surface area contributed by atoms with Gasteiger partial charge in [0.2, 0.25) is 5.88 Å². The number of aromatic hydroxyl groups is 1. The Morgan fingerprint density at radius 1 is 1.29 bits per heavy atom. The Bertz CT molecular complexity index is 879. The molecule has 2 N–H and O–H groups in total. The zero-order chi connectivity index (χ0) is 17.1. The molecule has 0 aliphatic carbocycles. The third-order valence-electron chi connectivity index (χ3n) is 4.06. The first kappa shape index (κ1) is 16.4. The van der Waals surface area contributed by atoms with Gasteiger partial charge in [-0.1, -0.05) is 12.1 Å². The van der Waals surface area contributed by atoms with Crippen molar-refractivity contribution in [1.82, 2.24) is 14.6 Å². The zero-order valence-corrected chi connectivity index (χ0v) is 14.3. The fourth-order valence-electron chi connectivity index (χ4n) is 2.79. The maximum absolute atomic E-state index is 12.2. The number of hydrogen-bond acceptors (Lipinski definition) is 5. The second kappa shape index (κ2) is 7.00. The Labute approximate surface area is 145 Å². The minimum Gasteiger partial charge on any atom is -0.494 e. The number of aryl methyl sites for hydroxylation is 1. The second-order valence-corrected chi connectivity index (χ2v) is 6.32. The van der Waals surface area contributed by atoms with E-state index in [4.69, 9.17) is 12.2 Å². The smallest absolute Gasteiger partial charge is 0.264 e. The molecule has 1 aliphatic heterocycles. The number of piperidine rings is 1. The number of aromatic amines is 1. The lowest BCUT2D eigenvalue weighted by Gasteiger charge is -2.23. The Morgan fingerprint density at radius 2 is 2.04 bits per heavy atom. The van der Waals surface area contributed by atoms with E-state index in [0.717, 1.165) is 31.5 Å². The number of benzene rings is 1. The summed E-state index contributed by atoms with van der Waals surface area (Å²) >= 11 is 5.21. The number of H-pyrrole nitrogens is 1. The highest BCUT2D eigenvalue weighted by molar-refractivity contribution is 7.71. The van der Waals surface area contributed by atoms with Crippen molar-refractivity contribution in [3.8, 4) is 11.6 Å². The molecule has 126 valence electrons. The third kappa shape index (κ3) is 3.41. The van der Waals surface area contributed by atoms with Gasteiger partial charge in [-0.25, -0.2) is 0 Å². The molecule has 7 heteroatoms. The molecule has 0 atom stereocenters. The third-order valence-corrected chi connectivity index (χ3v) is 4.35. The molecule has 1 fully saturated rings. The van der Waals surface area contributed by atoms with Crippen LogP contribution in [0.2, 0.25) is 0 Å². The summed E-state index contributed by atoms with van der Waals surface area (Å²) in [5, 5.41) is 16.8. The van der Waals surface area contributed by atoms with Crippen LogP contribution in [0, 0.1) is 11.7 Å². The van der Waals surface area contributed by atoms with Crippen LogP contribution in [-0.4, -0.2) is 39.0 Å². The van der Waals surface area contributed by atoms with Crippen LogP contribution in [0.5, 0.6) is 5.88 Å². The first-order chi connectivity index (χ1) is 11.6. The normalized spacial score (nSPS) is 15.1. The molecule has 1 aliphatic rings. The molecule has 2 heterocycles. The minimum absolute atomic E-state index is 0.107. The number of nitrogens with one attached hydrogen (secondary N) is 1. The summed E-state index contributed by atoms with van der Waals surface area (Å²) in [6, 6.07) is 7.54. The molecule has 0 unspecified atom stereocenters. The van der Waals surface area contributed by atoms with Gasteiger partial charge in [-0.3, -0.25) is 19.4 Å². The van der Waals surface area contributed by atoms with Crippen molar-refractivity contribution in [1.29, 1.82) is 0 Å². The van der Waals surface area contributed by atoms with E-state index in [9.17, 15) is 9.90 Å². The van der Waals surface area contributed by atoms with Gasteiger partial charge < -0.3 is 5.11 Å². The summed E-state index contributed by atoms with van der Waals surface area (Å²) in [5.41, 5.74) is 1.39. The monoisotopic (exact) mass is 344 g/mol. The average Bonchev–Trinajstić information content (AvgIpc) is 2.55. The highest BCUT2D eigenvalue weighted by Gasteiger charge is 2.14. The fourth-order valence-corrected chi connectivity index (χ4v) is 3.08. The highest BCUT2D eigenvalue weighted by Crippen LogP contribution is 2.19. The second-order valence-electron chi connectivity index (χ2n) is 5.93. The van der Waals surface area contributed by atoms with Crippen LogP contribution < -0.4 is 5.56 Å². The van der Waals surface area contributed by atoms with E-state index in [1.807, 2.05) is 36.2 Å². The fraction of sp³-hybridized carbons (Fsp3) is 0.353. The Hall–Kier alpha value is -2.41. The molecule has 1 aromatic heterocycles. The van der Waals surface area contributed by atoms with Gasteiger partial charge in [-0.05, 0) is 56.1 Å². The summed E-state index contributed by atoms with van der Waals surface area (Å²) in [6.45, 7) is 3.69. The number of rotatable bonds is 3. The molecule has 0 bridgehead atoms. The summed E-state index contributed by atoms with van der Waals surface area (Å²) in [5.74, 6) is -0.199. The molecule has 1 saturated heterocycles. The van der Waals surface area contributed by atoms with Gasteiger partial charge in [-0.2, -0.15) is 5.10 Å². The van der Waals surface area contributed by atoms with Gasteiger partial charge in [0.05, 0.1) is 11.9 Å². The van der Waals surface area contributed by atoms with E-state index in [2.05, 4.69) is 10.1 Å². The lowest BCUT2D eigenvalue weighted by molar-refractivity contribution is 0.240. The number of nitrogens with zero attached hydrogens (tertiary/aromatic N) is 3. The number of aromatic nitrogens is 2. The molecule has 1 aromatic carbocycles. The summed E-state index contributed by atoms with van der Waals surface area (Å²) < 4.78 is 1.60. The van der Waals surface area contributed by atoms with Crippen molar-refractivity contribution in [2.45, 2.75) is 26.2 Å². The van der Waals surface area contributed by atoms with E-state index in [1.165, 1.54) is 17.2 Å². The van der Waals surface area contributed by atoms with Crippen molar-refractivity contribution >= 4 is 18.4 Å². The standard InChI is InChI=1S/C17H20N4O2S/c1-12-6-5-7-13(10-12)21-16(23)14(15(22)19-17(21)24)11-18-20-8-3-2-4-9-20/h5-7,10-11,23H,2-4,8-9H2,1H3,(H,19,22,24). The summed E-state index contributed by atoms with van der Waals surface area (Å²) in [6.07, 6.45) is 4.80. The predicted octanol–water partition coefficient (Wildman–Crippen LogP) is 2.73. The van der Waals surface area contributed by atoms with Gasteiger partial charge in [-0.15, -0.1) is 0 Å². The average molecular weight is 344 g/mol. The maximum atomic E-state index is 12.2. The van der Waals surface area contributed by atoms with Gasteiger partial charge in [0.1, 0.15) is 5.56 Å². The van der Waals surface area contributed by atoms with Crippen molar-refractivity contribution in [3.05, 3.63) is 50.5 Å². The molecule has 0 spiro atoms. The van der Waals surface area contributed by atoms with Gasteiger partial charge in [0.25, 0.3) is 5.56 Å². The minimum atomic E-state index is -0.442. The lowest BCUT2D eigenvalue weighted by Crippen LogP contribution is -2.25. The van der Waals surface area contributed by atoms with Crippen LogP contribution in [0.3, 0.4) is 0 Å². The van der Waals surface area contributed by atoms with E-state index < -0.39 is 5.56 Å². The van der Waals surface area contributed by atoms with E-state index in [-0.39, 0.29) is 16.2 Å². The SMILES string of the molecule is Cc1cccc(-n2c(O)c(C=NN3CCCCC3)c(=O)[nH]c2=S)c1. The van der Waals surface area contributed by atoms with Crippen LogP contribution in [-0.2, 0) is 0 Å². The molecule has 3 rings (SSSR count). The van der Waals surface area contributed by atoms with Crippen LogP contribution >= 0.6 is 12.2 Å². The molecule has 24 heavy (non-hydrogen) atoms. The summed E-state index contributed by atoms with van der Waals surface area (Å²) in [7, 11) is 0. The quantitative estimate of drug-likeness (QED) is 0.663. The Morgan fingerprint density at radius 3 is 2.75 bits per heavy atom. The van der Waals surface area contributed by atoms with Crippen molar-refractivity contribution in [3.63, 3.8) is 0 Å². The van der Waals surface area contributed by atoms with Gasteiger partial charge in [0.15, 0.2) is 4.77 Å². The number of hydrazone groups is 1. The zero-order valence-electron chi connectivity index (χ0n) is 13.5. The molecular weight excluding hydrogens is 324 g/mol. The number of hydrogen-bond donors (Lipinski definition) is 2. The largest absolute Gasteiger partial charge is 0.494 e. The molecule has 0 saturated carbocycles. The van der Waals surface area contributed by atoms with Gasteiger partial charge in [0, 0.05) is 13.1 Å². The van der Waals surface area contributed by atoms with Crippen LogP contribution in [0.25, 0.3) is 5.69 Å². The molecule has 6 nitrogen and oxygen atoms in total. The van der Waals surface area contributed by atoms with Crippen molar-refractivity contribution in [2.75, 3.05) is 13.1 Å².